The summed E-state index contributed by atoms with van der Waals surface area (Å²) >= 11 is 5.84. The maximum atomic E-state index is 13.3. The smallest absolute Gasteiger partial charge is 0.351 e. The Morgan fingerprint density at radius 2 is 1.73 bits per heavy atom. The number of hydrogen-bond donors (Lipinski definition) is 3. The zero-order valence-electron chi connectivity index (χ0n) is 17.5. The van der Waals surface area contributed by atoms with Crippen LogP contribution in [0, 0.1) is 0 Å². The highest BCUT2D eigenvalue weighted by molar-refractivity contribution is 6.30. The van der Waals surface area contributed by atoms with E-state index in [0.29, 0.717) is 16.7 Å². The number of nitrogens with zero attached hydrogens (tertiary/aromatic N) is 2. The van der Waals surface area contributed by atoms with E-state index in [0.717, 1.165) is 10.2 Å². The summed E-state index contributed by atoms with van der Waals surface area (Å²) < 4.78 is 40.9. The average molecular weight is 480 g/mol. The van der Waals surface area contributed by atoms with Crippen LogP contribution in [-0.4, -0.2) is 27.6 Å². The number of nitrogens with two attached hydrogens (primary N) is 1. The van der Waals surface area contributed by atoms with E-state index in [4.69, 9.17) is 17.3 Å². The Balaban J connectivity index is 1.87. The number of rotatable bonds is 7. The third-order valence-electron chi connectivity index (χ3n) is 4.63. The van der Waals surface area contributed by atoms with Crippen molar-refractivity contribution < 1.29 is 22.8 Å². The third-order valence-corrected chi connectivity index (χ3v) is 4.89. The van der Waals surface area contributed by atoms with Gasteiger partial charge in [0.1, 0.15) is 5.69 Å². The highest BCUT2D eigenvalue weighted by Gasteiger charge is 2.36. The standard InChI is InChI=1S/C22H21ClF3N5O2/c1-13(27)20(32)28-12-15-3-2-4-17(9-15)31-18(10-19(30-31)22(24,25)26)21(33)29-11-14-5-7-16(23)8-6-14/h2-10,13H,11-12,27H2,1H3,(H,28,32)(H,29,33)/t13-/m0/s1. The SMILES string of the molecule is C[C@H](N)C(=O)NCc1cccc(-n2nc(C(F)(F)F)cc2C(=O)NCc2ccc(Cl)cc2)c1. The minimum atomic E-state index is -4.74. The van der Waals surface area contributed by atoms with E-state index in [1.54, 1.807) is 36.4 Å². The number of nitrogens with one attached hydrogen (secondary N) is 2. The van der Waals surface area contributed by atoms with Crippen LogP contribution in [0.2, 0.25) is 5.02 Å². The molecule has 3 rings (SSSR count). The van der Waals surface area contributed by atoms with E-state index in [1.165, 1.54) is 19.1 Å². The minimum absolute atomic E-state index is 0.0892. The molecule has 0 fully saturated rings. The summed E-state index contributed by atoms with van der Waals surface area (Å²) in [6.45, 7) is 1.73. The first-order valence-electron chi connectivity index (χ1n) is 9.87. The fourth-order valence-corrected chi connectivity index (χ4v) is 3.03. The highest BCUT2D eigenvalue weighted by atomic mass is 35.5. The number of benzene rings is 2. The molecule has 1 atom stereocenters. The number of halogens is 4. The molecule has 11 heteroatoms. The lowest BCUT2D eigenvalue weighted by Crippen LogP contribution is -2.37. The van der Waals surface area contributed by atoms with Gasteiger partial charge in [-0.2, -0.15) is 18.3 Å². The quantitative estimate of drug-likeness (QED) is 0.483. The molecule has 0 aliphatic carbocycles. The molecule has 2 aromatic carbocycles. The molecule has 1 aromatic heterocycles. The predicted molar refractivity (Wildman–Crippen MR) is 117 cm³/mol. The van der Waals surface area contributed by atoms with E-state index < -0.39 is 23.8 Å². The third kappa shape index (κ3) is 6.33. The lowest BCUT2D eigenvalue weighted by Gasteiger charge is -2.11. The monoisotopic (exact) mass is 479 g/mol. The van der Waals surface area contributed by atoms with Gasteiger partial charge in [0.25, 0.3) is 5.91 Å². The van der Waals surface area contributed by atoms with E-state index >= 15 is 0 Å². The largest absolute Gasteiger partial charge is 0.435 e. The lowest BCUT2D eigenvalue weighted by atomic mass is 10.2. The summed E-state index contributed by atoms with van der Waals surface area (Å²) in [6, 6.07) is 13.0. The Morgan fingerprint density at radius 1 is 1.06 bits per heavy atom. The van der Waals surface area contributed by atoms with Gasteiger partial charge in [0, 0.05) is 24.2 Å². The van der Waals surface area contributed by atoms with Gasteiger partial charge in [-0.15, -0.1) is 0 Å². The van der Waals surface area contributed by atoms with Crippen LogP contribution in [0.15, 0.2) is 54.6 Å². The Labute approximate surface area is 192 Å². The van der Waals surface area contributed by atoms with Crippen LogP contribution in [-0.2, 0) is 24.1 Å². The summed E-state index contributed by atoms with van der Waals surface area (Å²) in [4.78, 5) is 24.5. The molecule has 4 N–H and O–H groups in total. The molecular weight excluding hydrogens is 459 g/mol. The van der Waals surface area contributed by atoms with Crippen LogP contribution in [0.4, 0.5) is 13.2 Å². The summed E-state index contributed by atoms with van der Waals surface area (Å²) in [7, 11) is 0. The van der Waals surface area contributed by atoms with E-state index in [1.807, 2.05) is 0 Å². The summed E-state index contributed by atoms with van der Waals surface area (Å²) in [5.74, 6) is -1.11. The second-order valence-electron chi connectivity index (χ2n) is 7.31. The van der Waals surface area contributed by atoms with Crippen LogP contribution in [0.25, 0.3) is 5.69 Å². The van der Waals surface area contributed by atoms with Crippen LogP contribution in [0.1, 0.15) is 34.2 Å². The Kier molecular flexibility index (Phi) is 7.39. The summed E-state index contributed by atoms with van der Waals surface area (Å²) in [6.07, 6.45) is -4.74. The lowest BCUT2D eigenvalue weighted by molar-refractivity contribution is -0.141. The molecule has 3 aromatic rings. The Morgan fingerprint density at radius 3 is 2.36 bits per heavy atom. The highest BCUT2D eigenvalue weighted by Crippen LogP contribution is 2.29. The van der Waals surface area contributed by atoms with Gasteiger partial charge < -0.3 is 16.4 Å². The van der Waals surface area contributed by atoms with Crippen molar-refractivity contribution in [3.63, 3.8) is 0 Å². The maximum Gasteiger partial charge on any atom is 0.435 e. The number of alkyl halides is 3. The summed E-state index contributed by atoms with van der Waals surface area (Å²) in [5, 5.41) is 9.35. The van der Waals surface area contributed by atoms with Crippen molar-refractivity contribution in [1.82, 2.24) is 20.4 Å². The zero-order chi connectivity index (χ0) is 24.2. The second-order valence-corrected chi connectivity index (χ2v) is 7.75. The van der Waals surface area contributed by atoms with Crippen molar-refractivity contribution in [2.75, 3.05) is 0 Å². The van der Waals surface area contributed by atoms with Gasteiger partial charge in [-0.05, 0) is 42.3 Å². The molecule has 0 spiro atoms. The first kappa shape index (κ1) is 24.3. The maximum absolute atomic E-state index is 13.3. The first-order valence-corrected chi connectivity index (χ1v) is 10.2. The molecule has 2 amide bonds. The molecule has 7 nitrogen and oxygen atoms in total. The number of hydrogen-bond acceptors (Lipinski definition) is 4. The molecule has 0 saturated heterocycles. The number of carbonyl (C=O) groups excluding carboxylic acids is 2. The molecule has 0 aliphatic heterocycles. The molecule has 33 heavy (non-hydrogen) atoms. The van der Waals surface area contributed by atoms with E-state index in [-0.39, 0.29) is 30.4 Å². The van der Waals surface area contributed by atoms with Gasteiger partial charge in [-0.3, -0.25) is 9.59 Å². The van der Waals surface area contributed by atoms with Gasteiger partial charge in [-0.25, -0.2) is 4.68 Å². The number of carbonyl (C=O) groups is 2. The first-order chi connectivity index (χ1) is 15.5. The topological polar surface area (TPSA) is 102 Å². The Bertz CT molecular complexity index is 1140. The van der Waals surface area contributed by atoms with Gasteiger partial charge in [0.05, 0.1) is 11.7 Å². The van der Waals surface area contributed by atoms with Gasteiger partial charge in [0.2, 0.25) is 5.91 Å². The van der Waals surface area contributed by atoms with Gasteiger partial charge in [-0.1, -0.05) is 35.9 Å². The van der Waals surface area contributed by atoms with E-state index in [2.05, 4.69) is 15.7 Å². The molecule has 1 heterocycles. The van der Waals surface area contributed by atoms with Crippen LogP contribution < -0.4 is 16.4 Å². The average Bonchev–Trinajstić information content (AvgIpc) is 3.23. The second kappa shape index (κ2) is 10.1. The van der Waals surface area contributed by atoms with Crippen molar-refractivity contribution in [3.05, 3.63) is 82.1 Å². The Hall–Kier alpha value is -3.37. The fourth-order valence-electron chi connectivity index (χ4n) is 2.90. The predicted octanol–water partition coefficient (Wildman–Crippen LogP) is 3.44. The number of aromatic nitrogens is 2. The molecule has 0 radical (unpaired) electrons. The molecule has 0 bridgehead atoms. The van der Waals surface area contributed by atoms with Crippen LogP contribution in [0.3, 0.4) is 0 Å². The molecule has 0 unspecified atom stereocenters. The fraction of sp³-hybridized carbons (Fsp3) is 0.227. The van der Waals surface area contributed by atoms with E-state index in [9.17, 15) is 22.8 Å². The van der Waals surface area contributed by atoms with Gasteiger partial charge >= 0.3 is 6.18 Å². The number of amides is 2. The van der Waals surface area contributed by atoms with Crippen molar-refractivity contribution in [2.45, 2.75) is 32.2 Å². The van der Waals surface area contributed by atoms with Crippen molar-refractivity contribution in [1.29, 1.82) is 0 Å². The van der Waals surface area contributed by atoms with Crippen LogP contribution in [0.5, 0.6) is 0 Å². The van der Waals surface area contributed by atoms with Crippen molar-refractivity contribution >= 4 is 23.4 Å². The molecule has 0 aliphatic rings. The molecular formula is C22H21ClF3N5O2. The zero-order valence-corrected chi connectivity index (χ0v) is 18.2. The normalized spacial score (nSPS) is 12.3. The molecule has 0 saturated carbocycles. The van der Waals surface area contributed by atoms with Crippen molar-refractivity contribution in [2.24, 2.45) is 5.73 Å². The van der Waals surface area contributed by atoms with Crippen molar-refractivity contribution in [3.8, 4) is 5.69 Å². The van der Waals surface area contributed by atoms with Crippen LogP contribution >= 0.6 is 11.6 Å². The minimum Gasteiger partial charge on any atom is -0.351 e. The molecule has 174 valence electrons. The van der Waals surface area contributed by atoms with Gasteiger partial charge in [0.15, 0.2) is 5.69 Å². The summed E-state index contributed by atoms with van der Waals surface area (Å²) in [5.41, 5.74) is 5.58.